The summed E-state index contributed by atoms with van der Waals surface area (Å²) in [5.41, 5.74) is 0. The molecule has 0 aliphatic carbocycles. The summed E-state index contributed by atoms with van der Waals surface area (Å²) in [5.74, 6) is 2.22. The van der Waals surface area contributed by atoms with E-state index in [4.69, 9.17) is 14.2 Å². The molecule has 1 aromatic carbocycles. The lowest BCUT2D eigenvalue weighted by Crippen LogP contribution is -2.38. The Balaban J connectivity index is 2.82. The van der Waals surface area contributed by atoms with E-state index in [1.807, 2.05) is 25.2 Å². The maximum Gasteiger partial charge on any atom is 0.127 e. The summed E-state index contributed by atoms with van der Waals surface area (Å²) in [6, 6.07) is 5.87. The molecule has 4 nitrogen and oxygen atoms in total. The monoisotopic (exact) mass is 253 g/mol. The zero-order chi connectivity index (χ0) is 13.5. The fourth-order valence-corrected chi connectivity index (χ4v) is 1.92. The smallest absolute Gasteiger partial charge is 0.127 e. The van der Waals surface area contributed by atoms with Crippen LogP contribution in [0.25, 0.3) is 0 Å². The van der Waals surface area contributed by atoms with E-state index in [0.29, 0.717) is 6.04 Å². The minimum atomic E-state index is 0.0804. The van der Waals surface area contributed by atoms with Gasteiger partial charge in [-0.15, -0.1) is 0 Å². The van der Waals surface area contributed by atoms with Crippen LogP contribution in [0.4, 0.5) is 0 Å². The van der Waals surface area contributed by atoms with Crippen LogP contribution >= 0.6 is 0 Å². The molecular weight excluding hydrogens is 230 g/mol. The molecule has 0 spiro atoms. The predicted molar refractivity (Wildman–Crippen MR) is 72.8 cm³/mol. The summed E-state index contributed by atoms with van der Waals surface area (Å²) in [4.78, 5) is 0. The highest BCUT2D eigenvalue weighted by Gasteiger charge is 2.15. The fourth-order valence-electron chi connectivity index (χ4n) is 1.92. The standard InChI is InChI=1S/C14H23NO3/c1-6-14(15-3)10(2)18-13-8-11(16-4)7-12(9-13)17-5/h7-10,14-15H,6H2,1-5H3. The normalized spacial score (nSPS) is 13.8. The molecule has 0 fully saturated rings. The van der Waals surface area contributed by atoms with Crippen molar-refractivity contribution in [2.75, 3.05) is 21.3 Å². The maximum atomic E-state index is 5.92. The molecule has 1 rings (SSSR count). The first kappa shape index (κ1) is 14.6. The van der Waals surface area contributed by atoms with Crippen molar-refractivity contribution in [2.45, 2.75) is 32.4 Å². The van der Waals surface area contributed by atoms with Gasteiger partial charge in [-0.05, 0) is 20.4 Å². The fraction of sp³-hybridized carbons (Fsp3) is 0.571. The van der Waals surface area contributed by atoms with Gasteiger partial charge in [0.1, 0.15) is 23.4 Å². The second-order valence-electron chi connectivity index (χ2n) is 4.17. The Morgan fingerprint density at radius 3 is 1.94 bits per heavy atom. The largest absolute Gasteiger partial charge is 0.496 e. The molecule has 0 saturated carbocycles. The molecule has 0 bridgehead atoms. The number of rotatable bonds is 7. The van der Waals surface area contributed by atoms with E-state index in [0.717, 1.165) is 23.7 Å². The van der Waals surface area contributed by atoms with Gasteiger partial charge < -0.3 is 19.5 Å². The molecule has 18 heavy (non-hydrogen) atoms. The summed E-state index contributed by atoms with van der Waals surface area (Å²) in [5, 5.41) is 3.24. The van der Waals surface area contributed by atoms with Gasteiger partial charge in [0.2, 0.25) is 0 Å². The molecule has 102 valence electrons. The van der Waals surface area contributed by atoms with E-state index < -0.39 is 0 Å². The molecule has 1 aromatic rings. The molecule has 2 unspecified atom stereocenters. The lowest BCUT2D eigenvalue weighted by atomic mass is 10.1. The Morgan fingerprint density at radius 1 is 1.06 bits per heavy atom. The van der Waals surface area contributed by atoms with Crippen LogP contribution in [0.2, 0.25) is 0 Å². The van der Waals surface area contributed by atoms with E-state index in [1.165, 1.54) is 0 Å². The maximum absolute atomic E-state index is 5.92. The van der Waals surface area contributed by atoms with Crippen LogP contribution < -0.4 is 19.5 Å². The average Bonchev–Trinajstić information content (AvgIpc) is 2.39. The number of likely N-dealkylation sites (N-methyl/N-ethyl adjacent to an activating group) is 1. The number of benzene rings is 1. The number of ether oxygens (including phenoxy) is 3. The van der Waals surface area contributed by atoms with Crippen molar-refractivity contribution >= 4 is 0 Å². The lowest BCUT2D eigenvalue weighted by molar-refractivity contribution is 0.171. The van der Waals surface area contributed by atoms with E-state index >= 15 is 0 Å². The van der Waals surface area contributed by atoms with Crippen LogP contribution in [0.3, 0.4) is 0 Å². The molecule has 4 heteroatoms. The highest BCUT2D eigenvalue weighted by Crippen LogP contribution is 2.28. The molecule has 0 aliphatic heterocycles. The van der Waals surface area contributed by atoms with Crippen molar-refractivity contribution in [1.29, 1.82) is 0 Å². The third kappa shape index (κ3) is 3.81. The topological polar surface area (TPSA) is 39.7 Å². The van der Waals surface area contributed by atoms with Gasteiger partial charge in [-0.3, -0.25) is 0 Å². The molecule has 0 aliphatic rings. The number of methoxy groups -OCH3 is 2. The zero-order valence-electron chi connectivity index (χ0n) is 11.8. The van der Waals surface area contributed by atoms with Crippen LogP contribution in [-0.4, -0.2) is 33.4 Å². The summed E-state index contributed by atoms with van der Waals surface area (Å²) in [6.07, 6.45) is 1.09. The summed E-state index contributed by atoms with van der Waals surface area (Å²) < 4.78 is 16.4. The van der Waals surface area contributed by atoms with Gasteiger partial charge in [0.15, 0.2) is 0 Å². The van der Waals surface area contributed by atoms with Crippen molar-refractivity contribution in [3.63, 3.8) is 0 Å². The summed E-state index contributed by atoms with van der Waals surface area (Å²) in [7, 11) is 5.20. The van der Waals surface area contributed by atoms with E-state index in [-0.39, 0.29) is 6.10 Å². The van der Waals surface area contributed by atoms with Crippen molar-refractivity contribution < 1.29 is 14.2 Å². The first-order chi connectivity index (χ1) is 8.64. The molecule has 0 amide bonds. The first-order valence-electron chi connectivity index (χ1n) is 6.21. The van der Waals surface area contributed by atoms with Gasteiger partial charge in [0.05, 0.1) is 14.2 Å². The Kier molecular flexibility index (Phi) is 5.78. The van der Waals surface area contributed by atoms with Crippen molar-refractivity contribution in [1.82, 2.24) is 5.32 Å². The van der Waals surface area contributed by atoms with Gasteiger partial charge in [0.25, 0.3) is 0 Å². The van der Waals surface area contributed by atoms with Crippen LogP contribution in [0.1, 0.15) is 20.3 Å². The Bertz CT molecular complexity index is 342. The molecule has 0 saturated heterocycles. The molecule has 1 N–H and O–H groups in total. The van der Waals surface area contributed by atoms with Crippen LogP contribution in [0, 0.1) is 0 Å². The third-order valence-electron chi connectivity index (χ3n) is 3.02. The molecular formula is C14H23NO3. The highest BCUT2D eigenvalue weighted by molar-refractivity contribution is 5.42. The SMILES string of the molecule is CCC(NC)C(C)Oc1cc(OC)cc(OC)c1. The second-order valence-corrected chi connectivity index (χ2v) is 4.17. The molecule has 0 radical (unpaired) electrons. The molecule has 0 aromatic heterocycles. The van der Waals surface area contributed by atoms with E-state index in [2.05, 4.69) is 19.2 Å². The van der Waals surface area contributed by atoms with E-state index in [1.54, 1.807) is 14.2 Å². The number of hydrogen-bond donors (Lipinski definition) is 1. The van der Waals surface area contributed by atoms with Crippen molar-refractivity contribution in [3.05, 3.63) is 18.2 Å². The Morgan fingerprint density at radius 2 is 1.56 bits per heavy atom. The van der Waals surface area contributed by atoms with Gasteiger partial charge in [0, 0.05) is 24.2 Å². The zero-order valence-corrected chi connectivity index (χ0v) is 11.8. The lowest BCUT2D eigenvalue weighted by Gasteiger charge is -2.23. The Labute approximate surface area is 109 Å². The Hall–Kier alpha value is -1.42. The third-order valence-corrected chi connectivity index (χ3v) is 3.02. The van der Waals surface area contributed by atoms with Crippen molar-refractivity contribution in [2.24, 2.45) is 0 Å². The number of nitrogens with one attached hydrogen (secondary N) is 1. The summed E-state index contributed by atoms with van der Waals surface area (Å²) >= 11 is 0. The summed E-state index contributed by atoms with van der Waals surface area (Å²) in [6.45, 7) is 4.18. The molecule has 2 atom stereocenters. The highest BCUT2D eigenvalue weighted by atomic mass is 16.5. The van der Waals surface area contributed by atoms with Crippen molar-refractivity contribution in [3.8, 4) is 17.2 Å². The minimum Gasteiger partial charge on any atom is -0.496 e. The molecule has 0 heterocycles. The van der Waals surface area contributed by atoms with Gasteiger partial charge in [-0.25, -0.2) is 0 Å². The van der Waals surface area contributed by atoms with Gasteiger partial charge in [-0.1, -0.05) is 6.92 Å². The quantitative estimate of drug-likeness (QED) is 0.810. The van der Waals surface area contributed by atoms with Gasteiger partial charge in [-0.2, -0.15) is 0 Å². The second kappa shape index (κ2) is 7.11. The van der Waals surface area contributed by atoms with Crippen LogP contribution in [0.15, 0.2) is 18.2 Å². The minimum absolute atomic E-state index is 0.0804. The van der Waals surface area contributed by atoms with E-state index in [9.17, 15) is 0 Å². The van der Waals surface area contributed by atoms with Crippen LogP contribution in [-0.2, 0) is 0 Å². The predicted octanol–water partition coefficient (Wildman–Crippen LogP) is 2.47. The first-order valence-corrected chi connectivity index (χ1v) is 6.21. The van der Waals surface area contributed by atoms with Crippen LogP contribution in [0.5, 0.6) is 17.2 Å². The van der Waals surface area contributed by atoms with Gasteiger partial charge >= 0.3 is 0 Å². The average molecular weight is 253 g/mol. The number of hydrogen-bond acceptors (Lipinski definition) is 4.